The quantitative estimate of drug-likeness (QED) is 0.699. The van der Waals surface area contributed by atoms with Crippen molar-refractivity contribution in [2.45, 2.75) is 51.5 Å². The van der Waals surface area contributed by atoms with Gasteiger partial charge < -0.3 is 0 Å². The number of hydrogen-bond donors (Lipinski definition) is 0. The zero-order chi connectivity index (χ0) is 13.1. The van der Waals surface area contributed by atoms with Crippen molar-refractivity contribution in [1.82, 2.24) is 4.90 Å². The number of unbranched alkanes of at least 4 members (excludes halogenated alkanes) is 1. The van der Waals surface area contributed by atoms with Crippen LogP contribution in [0.2, 0.25) is 0 Å². The molecule has 0 aromatic heterocycles. The van der Waals surface area contributed by atoms with Crippen LogP contribution in [-0.2, 0) is 14.4 Å². The summed E-state index contributed by atoms with van der Waals surface area (Å²) in [5.74, 6) is -0.448. The van der Waals surface area contributed by atoms with E-state index in [9.17, 15) is 14.4 Å². The molecule has 1 fully saturated rings. The van der Waals surface area contributed by atoms with Gasteiger partial charge in [0.2, 0.25) is 0 Å². The molecule has 4 heteroatoms. The van der Waals surface area contributed by atoms with Crippen LogP contribution < -0.4 is 0 Å². The number of hydrogen-bond acceptors (Lipinski definition) is 3. The van der Waals surface area contributed by atoms with E-state index in [1.165, 1.54) is 17.1 Å². The molecule has 1 aliphatic carbocycles. The van der Waals surface area contributed by atoms with Gasteiger partial charge in [0, 0.05) is 24.5 Å². The Hall–Kier alpha value is -1.45. The Bertz CT molecular complexity index is 382. The summed E-state index contributed by atoms with van der Waals surface area (Å²) in [5, 5.41) is 0. The second-order valence-electron chi connectivity index (χ2n) is 5.05. The molecule has 1 heterocycles. The first-order valence-corrected chi connectivity index (χ1v) is 6.73. The molecule has 98 valence electrons. The molecular weight excluding hydrogens is 230 g/mol. The first-order chi connectivity index (χ1) is 8.65. The number of imide groups is 1. The van der Waals surface area contributed by atoms with Gasteiger partial charge in [-0.15, -0.1) is 0 Å². The predicted molar refractivity (Wildman–Crippen MR) is 66.7 cm³/mol. The van der Waals surface area contributed by atoms with Crippen molar-refractivity contribution in [3.8, 4) is 0 Å². The summed E-state index contributed by atoms with van der Waals surface area (Å²) in [6.45, 7) is 2.05. The van der Waals surface area contributed by atoms with Gasteiger partial charge in [-0.25, -0.2) is 0 Å². The van der Waals surface area contributed by atoms with E-state index in [4.69, 9.17) is 0 Å². The van der Waals surface area contributed by atoms with E-state index < -0.39 is 0 Å². The fourth-order valence-corrected chi connectivity index (χ4v) is 2.90. The normalized spacial score (nSPS) is 27.3. The maximum Gasteiger partial charge on any atom is 0.253 e. The first kappa shape index (κ1) is 13.0. The number of Topliss-reactive ketones (excluding diaryl/α,β-unsaturated/α-hetero) is 1. The molecule has 4 nitrogen and oxygen atoms in total. The summed E-state index contributed by atoms with van der Waals surface area (Å²) in [4.78, 5) is 36.7. The molecule has 0 N–H and O–H groups in total. The minimum Gasteiger partial charge on any atom is -0.299 e. The largest absolute Gasteiger partial charge is 0.299 e. The Kier molecular flexibility index (Phi) is 3.94. The summed E-state index contributed by atoms with van der Waals surface area (Å²) in [6.07, 6.45) is 7.55. The minimum absolute atomic E-state index is 0.135. The van der Waals surface area contributed by atoms with Crippen LogP contribution in [0.4, 0.5) is 0 Å². The molecule has 0 spiro atoms. The Morgan fingerprint density at radius 2 is 1.94 bits per heavy atom. The summed E-state index contributed by atoms with van der Waals surface area (Å²) < 4.78 is 0. The lowest BCUT2D eigenvalue weighted by Gasteiger charge is -2.27. The SMILES string of the molecule is CCCCC(=O)[C@H]1CCC[C@@H]1N1C(=O)C=CC1=O. The van der Waals surface area contributed by atoms with Crippen LogP contribution in [0.1, 0.15) is 45.4 Å². The van der Waals surface area contributed by atoms with E-state index >= 15 is 0 Å². The molecule has 2 rings (SSSR count). The molecule has 0 aromatic rings. The second kappa shape index (κ2) is 5.46. The van der Waals surface area contributed by atoms with Crippen molar-refractivity contribution in [3.63, 3.8) is 0 Å². The lowest BCUT2D eigenvalue weighted by Crippen LogP contribution is -2.44. The molecule has 0 unspecified atom stereocenters. The van der Waals surface area contributed by atoms with Crippen molar-refractivity contribution in [1.29, 1.82) is 0 Å². The number of carbonyl (C=O) groups is 3. The van der Waals surface area contributed by atoms with Gasteiger partial charge >= 0.3 is 0 Å². The fourth-order valence-electron chi connectivity index (χ4n) is 2.90. The van der Waals surface area contributed by atoms with Crippen LogP contribution >= 0.6 is 0 Å². The zero-order valence-electron chi connectivity index (χ0n) is 10.7. The average Bonchev–Trinajstić information content (AvgIpc) is 2.93. The van der Waals surface area contributed by atoms with Crippen molar-refractivity contribution in [2.24, 2.45) is 5.92 Å². The van der Waals surface area contributed by atoms with Gasteiger partial charge in [0.25, 0.3) is 11.8 Å². The van der Waals surface area contributed by atoms with Gasteiger partial charge in [0.1, 0.15) is 5.78 Å². The smallest absolute Gasteiger partial charge is 0.253 e. The number of nitrogens with zero attached hydrogens (tertiary/aromatic N) is 1. The maximum absolute atomic E-state index is 12.1. The van der Waals surface area contributed by atoms with Gasteiger partial charge in [-0.1, -0.05) is 19.8 Å². The van der Waals surface area contributed by atoms with Crippen molar-refractivity contribution < 1.29 is 14.4 Å². The summed E-state index contributed by atoms with van der Waals surface area (Å²) in [6, 6.07) is -0.204. The van der Waals surface area contributed by atoms with Crippen LogP contribution in [0.5, 0.6) is 0 Å². The molecule has 2 atom stereocenters. The highest BCUT2D eigenvalue weighted by Crippen LogP contribution is 2.33. The van der Waals surface area contributed by atoms with Crippen molar-refractivity contribution >= 4 is 17.6 Å². The predicted octanol–water partition coefficient (Wildman–Crippen LogP) is 1.84. The topological polar surface area (TPSA) is 54.5 Å². The van der Waals surface area contributed by atoms with Crippen LogP contribution in [0.3, 0.4) is 0 Å². The number of ketones is 1. The van der Waals surface area contributed by atoms with Crippen LogP contribution in [-0.4, -0.2) is 28.5 Å². The van der Waals surface area contributed by atoms with E-state index in [2.05, 4.69) is 6.92 Å². The third-order valence-corrected chi connectivity index (χ3v) is 3.84. The molecular formula is C14H19NO3. The van der Waals surface area contributed by atoms with E-state index in [0.717, 1.165) is 32.1 Å². The molecule has 0 saturated heterocycles. The lowest BCUT2D eigenvalue weighted by molar-refractivity contribution is -0.141. The number of amides is 2. The number of rotatable bonds is 5. The highest BCUT2D eigenvalue weighted by atomic mass is 16.2. The van der Waals surface area contributed by atoms with E-state index in [1.807, 2.05) is 0 Å². The highest BCUT2D eigenvalue weighted by Gasteiger charge is 2.41. The highest BCUT2D eigenvalue weighted by molar-refractivity contribution is 6.13. The monoisotopic (exact) mass is 249 g/mol. The second-order valence-corrected chi connectivity index (χ2v) is 5.05. The minimum atomic E-state index is -0.264. The molecule has 18 heavy (non-hydrogen) atoms. The third-order valence-electron chi connectivity index (χ3n) is 3.84. The molecule has 2 amide bonds. The van der Waals surface area contributed by atoms with Crippen LogP contribution in [0.15, 0.2) is 12.2 Å². The van der Waals surface area contributed by atoms with E-state index in [-0.39, 0.29) is 29.6 Å². The molecule has 2 aliphatic rings. The lowest BCUT2D eigenvalue weighted by atomic mass is 9.93. The van der Waals surface area contributed by atoms with Crippen LogP contribution in [0.25, 0.3) is 0 Å². The summed E-state index contributed by atoms with van der Waals surface area (Å²) in [7, 11) is 0. The maximum atomic E-state index is 12.1. The third kappa shape index (κ3) is 2.37. The summed E-state index contributed by atoms with van der Waals surface area (Å²) in [5.41, 5.74) is 0. The van der Waals surface area contributed by atoms with E-state index in [0.29, 0.717) is 6.42 Å². The Balaban J connectivity index is 2.06. The van der Waals surface area contributed by atoms with Crippen molar-refractivity contribution in [3.05, 3.63) is 12.2 Å². The van der Waals surface area contributed by atoms with Crippen molar-refractivity contribution in [2.75, 3.05) is 0 Å². The first-order valence-electron chi connectivity index (χ1n) is 6.73. The van der Waals surface area contributed by atoms with E-state index in [1.54, 1.807) is 0 Å². The van der Waals surface area contributed by atoms with Gasteiger partial charge in [-0.05, 0) is 19.3 Å². The van der Waals surface area contributed by atoms with Crippen LogP contribution in [0, 0.1) is 5.92 Å². The average molecular weight is 249 g/mol. The molecule has 0 bridgehead atoms. The Morgan fingerprint density at radius 3 is 2.56 bits per heavy atom. The fraction of sp³-hybridized carbons (Fsp3) is 0.643. The summed E-state index contributed by atoms with van der Waals surface area (Å²) >= 11 is 0. The standard InChI is InChI=1S/C14H19NO3/c1-2-3-7-12(16)10-5-4-6-11(10)15-13(17)8-9-14(15)18/h8-11H,2-7H2,1H3/t10-,11-/m0/s1. The van der Waals surface area contributed by atoms with Gasteiger partial charge in [-0.3, -0.25) is 19.3 Å². The Morgan fingerprint density at radius 1 is 1.28 bits per heavy atom. The molecule has 0 radical (unpaired) electrons. The van der Waals surface area contributed by atoms with Gasteiger partial charge in [-0.2, -0.15) is 0 Å². The molecule has 0 aromatic carbocycles. The Labute approximate surface area is 107 Å². The zero-order valence-corrected chi connectivity index (χ0v) is 10.7. The van der Waals surface area contributed by atoms with Gasteiger partial charge in [0.05, 0.1) is 6.04 Å². The molecule has 1 aliphatic heterocycles. The van der Waals surface area contributed by atoms with Gasteiger partial charge in [0.15, 0.2) is 0 Å². The molecule has 1 saturated carbocycles. The number of carbonyl (C=O) groups excluding carboxylic acids is 3.